The van der Waals surface area contributed by atoms with Gasteiger partial charge >= 0.3 is 5.97 Å². The fourth-order valence-corrected chi connectivity index (χ4v) is 0.953. The molecule has 13 heavy (non-hydrogen) atoms. The van der Waals surface area contributed by atoms with E-state index >= 15 is 0 Å². The van der Waals surface area contributed by atoms with Gasteiger partial charge in [0.1, 0.15) is 4.47 Å². The molecule has 1 aromatic rings. The fraction of sp³-hybridized carbons (Fsp3) is 0.286. The number of aromatic nitrogens is 2. The summed E-state index contributed by atoms with van der Waals surface area (Å²) in [4.78, 5) is 28.2. The number of methoxy groups -OCH3 is 1. The highest BCUT2D eigenvalue weighted by Crippen LogP contribution is 2.06. The molecule has 1 rings (SSSR count). The Morgan fingerprint density at radius 3 is 2.69 bits per heavy atom. The number of carbonyl (C=O) groups is 1. The number of hydrogen-bond acceptors (Lipinski definition) is 4. The molecule has 70 valence electrons. The number of H-pyrrole nitrogens is 1. The highest BCUT2D eigenvalue weighted by atomic mass is 79.9. The number of aryl methyl sites for hydroxylation is 1. The molecule has 0 amide bonds. The van der Waals surface area contributed by atoms with Gasteiger partial charge in [0.15, 0.2) is 0 Å². The first-order valence-corrected chi connectivity index (χ1v) is 4.20. The summed E-state index contributed by atoms with van der Waals surface area (Å²) in [5, 5.41) is 0. The zero-order valence-corrected chi connectivity index (χ0v) is 8.64. The molecule has 0 unspecified atom stereocenters. The molecule has 0 aliphatic carbocycles. The van der Waals surface area contributed by atoms with Gasteiger partial charge in [-0.05, 0) is 22.9 Å². The zero-order valence-electron chi connectivity index (χ0n) is 7.05. The summed E-state index contributed by atoms with van der Waals surface area (Å²) in [5.74, 6) is -0.749. The number of halogens is 1. The number of nitrogens with zero attached hydrogens (tertiary/aromatic N) is 1. The normalized spacial score (nSPS) is 9.77. The molecular weight excluding hydrogens is 240 g/mol. The first-order valence-electron chi connectivity index (χ1n) is 3.41. The van der Waals surface area contributed by atoms with Crippen molar-refractivity contribution >= 4 is 21.9 Å². The smallest absolute Gasteiger partial charge is 0.374 e. The molecule has 5 nitrogen and oxygen atoms in total. The number of aromatic amines is 1. The molecule has 0 saturated heterocycles. The van der Waals surface area contributed by atoms with Gasteiger partial charge in [0.05, 0.1) is 12.8 Å². The number of hydrogen-bond donors (Lipinski definition) is 1. The van der Waals surface area contributed by atoms with Crippen LogP contribution in [0.25, 0.3) is 0 Å². The molecule has 1 aromatic heterocycles. The predicted octanol–water partition coefficient (Wildman–Crippen LogP) is 0.627. The van der Waals surface area contributed by atoms with Crippen LogP contribution in [0.5, 0.6) is 0 Å². The van der Waals surface area contributed by atoms with Crippen LogP contribution in [0.4, 0.5) is 0 Å². The van der Waals surface area contributed by atoms with E-state index in [0.29, 0.717) is 10.2 Å². The Morgan fingerprint density at radius 1 is 1.62 bits per heavy atom. The molecule has 0 saturated carbocycles. The fourth-order valence-electron chi connectivity index (χ4n) is 0.765. The van der Waals surface area contributed by atoms with Gasteiger partial charge in [-0.15, -0.1) is 0 Å². The van der Waals surface area contributed by atoms with E-state index in [-0.39, 0.29) is 5.82 Å². The van der Waals surface area contributed by atoms with E-state index in [4.69, 9.17) is 0 Å². The molecule has 1 heterocycles. The second-order valence-corrected chi connectivity index (χ2v) is 3.10. The lowest BCUT2D eigenvalue weighted by atomic mass is 10.4. The van der Waals surface area contributed by atoms with Gasteiger partial charge in [-0.2, -0.15) is 0 Å². The molecule has 0 aromatic carbocycles. The number of nitrogens with one attached hydrogen (secondary N) is 1. The Bertz CT molecular complexity index is 399. The van der Waals surface area contributed by atoms with Crippen LogP contribution in [-0.4, -0.2) is 23.0 Å². The maximum absolute atomic E-state index is 11.1. The third-order valence-corrected chi connectivity index (χ3v) is 2.34. The molecule has 6 heteroatoms. The van der Waals surface area contributed by atoms with Crippen molar-refractivity contribution in [2.24, 2.45) is 0 Å². The van der Waals surface area contributed by atoms with Crippen molar-refractivity contribution in [2.45, 2.75) is 6.92 Å². The molecular formula is C7H7BrN2O3. The van der Waals surface area contributed by atoms with Crippen molar-refractivity contribution in [3.63, 3.8) is 0 Å². The molecule has 0 aliphatic rings. The van der Waals surface area contributed by atoms with Crippen LogP contribution in [-0.2, 0) is 4.74 Å². The highest BCUT2D eigenvalue weighted by molar-refractivity contribution is 9.10. The van der Waals surface area contributed by atoms with Crippen molar-refractivity contribution in [3.05, 3.63) is 26.3 Å². The summed E-state index contributed by atoms with van der Waals surface area (Å²) < 4.78 is 4.72. The number of esters is 1. The standard InChI is InChI=1S/C7H7BrN2O3/c1-3-4(8)6(11)10-5(9-3)7(12)13-2/h1-2H3,(H,9,10,11). The van der Waals surface area contributed by atoms with Gasteiger partial charge in [-0.25, -0.2) is 9.78 Å². The topological polar surface area (TPSA) is 72.0 Å². The summed E-state index contributed by atoms with van der Waals surface area (Å²) in [6.45, 7) is 1.62. The molecule has 1 N–H and O–H groups in total. The number of rotatable bonds is 1. The van der Waals surface area contributed by atoms with Gasteiger partial charge < -0.3 is 4.74 Å². The number of carbonyl (C=O) groups excluding carboxylic acids is 1. The Labute approximate surface area is 82.3 Å². The van der Waals surface area contributed by atoms with Crippen LogP contribution in [0.3, 0.4) is 0 Å². The van der Waals surface area contributed by atoms with Crippen LogP contribution < -0.4 is 5.56 Å². The maximum atomic E-state index is 11.1. The van der Waals surface area contributed by atoms with Gasteiger partial charge in [0.25, 0.3) is 5.56 Å². The second-order valence-electron chi connectivity index (χ2n) is 2.31. The molecule has 0 fully saturated rings. The van der Waals surface area contributed by atoms with Crippen molar-refractivity contribution in [1.82, 2.24) is 9.97 Å². The lowest BCUT2D eigenvalue weighted by Crippen LogP contribution is -2.18. The molecule has 0 bridgehead atoms. The largest absolute Gasteiger partial charge is 0.463 e. The van der Waals surface area contributed by atoms with Crippen molar-refractivity contribution in [1.29, 1.82) is 0 Å². The minimum atomic E-state index is -0.660. The summed E-state index contributed by atoms with van der Waals surface area (Å²) in [7, 11) is 1.22. The minimum Gasteiger partial charge on any atom is -0.463 e. The van der Waals surface area contributed by atoms with E-state index in [9.17, 15) is 9.59 Å². The molecule has 0 atom stereocenters. The van der Waals surface area contributed by atoms with Crippen LogP contribution in [0.2, 0.25) is 0 Å². The van der Waals surface area contributed by atoms with E-state index in [0.717, 1.165) is 0 Å². The second kappa shape index (κ2) is 3.69. The molecule has 0 radical (unpaired) electrons. The van der Waals surface area contributed by atoms with Gasteiger partial charge in [-0.3, -0.25) is 9.78 Å². The first kappa shape index (κ1) is 9.91. The van der Waals surface area contributed by atoms with Crippen molar-refractivity contribution in [2.75, 3.05) is 7.11 Å². The van der Waals surface area contributed by atoms with Gasteiger partial charge in [0, 0.05) is 0 Å². The highest BCUT2D eigenvalue weighted by Gasteiger charge is 2.11. The average Bonchev–Trinajstić information content (AvgIpc) is 2.12. The van der Waals surface area contributed by atoms with Crippen LogP contribution >= 0.6 is 15.9 Å². The summed E-state index contributed by atoms with van der Waals surface area (Å²) in [5.41, 5.74) is 0.0528. The lowest BCUT2D eigenvalue weighted by Gasteiger charge is -2.00. The summed E-state index contributed by atoms with van der Waals surface area (Å²) in [6.07, 6.45) is 0. The first-order chi connectivity index (χ1) is 6.06. The SMILES string of the molecule is COC(=O)c1nc(C)c(Br)c(=O)[nH]1. The summed E-state index contributed by atoms with van der Waals surface area (Å²) >= 11 is 3.03. The van der Waals surface area contributed by atoms with Gasteiger partial charge in [-0.1, -0.05) is 0 Å². The molecule has 0 spiro atoms. The zero-order chi connectivity index (χ0) is 10.0. The van der Waals surface area contributed by atoms with Crippen molar-refractivity contribution < 1.29 is 9.53 Å². The van der Waals surface area contributed by atoms with Gasteiger partial charge in [0.2, 0.25) is 5.82 Å². The van der Waals surface area contributed by atoms with E-state index in [1.807, 2.05) is 0 Å². The van der Waals surface area contributed by atoms with Crippen LogP contribution in [0, 0.1) is 6.92 Å². The average molecular weight is 247 g/mol. The predicted molar refractivity (Wildman–Crippen MR) is 48.6 cm³/mol. The monoisotopic (exact) mass is 246 g/mol. The van der Waals surface area contributed by atoms with Crippen LogP contribution in [0.15, 0.2) is 9.27 Å². The third kappa shape index (κ3) is 1.95. The van der Waals surface area contributed by atoms with Crippen molar-refractivity contribution in [3.8, 4) is 0 Å². The summed E-state index contributed by atoms with van der Waals surface area (Å²) in [6, 6.07) is 0. The quantitative estimate of drug-likeness (QED) is 0.738. The van der Waals surface area contributed by atoms with E-state index in [2.05, 4.69) is 30.6 Å². The van der Waals surface area contributed by atoms with E-state index < -0.39 is 11.5 Å². The van der Waals surface area contributed by atoms with Crippen LogP contribution in [0.1, 0.15) is 16.3 Å². The minimum absolute atomic E-state index is 0.0896. The van der Waals surface area contributed by atoms with E-state index in [1.165, 1.54) is 7.11 Å². The Morgan fingerprint density at radius 2 is 2.23 bits per heavy atom. The Hall–Kier alpha value is -1.17. The maximum Gasteiger partial charge on any atom is 0.374 e. The Kier molecular flexibility index (Phi) is 2.82. The Balaban J connectivity index is 3.29. The third-order valence-electron chi connectivity index (χ3n) is 1.41. The number of ether oxygens (including phenoxy) is 1. The van der Waals surface area contributed by atoms with E-state index in [1.54, 1.807) is 6.92 Å². The lowest BCUT2D eigenvalue weighted by molar-refractivity contribution is 0.0586. The molecule has 0 aliphatic heterocycles.